The monoisotopic (exact) mass is 365 g/mol. The number of hydrogen-bond acceptors (Lipinski definition) is 1. The maximum absolute atomic E-state index is 13.7. The molecule has 5 saturated carbocycles. The van der Waals surface area contributed by atoms with Crippen LogP contribution in [0.4, 0.5) is 0 Å². The molecular weight excluding hydrogens is 330 g/mol. The van der Waals surface area contributed by atoms with Gasteiger partial charge in [0.05, 0.1) is 5.41 Å². The van der Waals surface area contributed by atoms with Crippen LogP contribution in [0.3, 0.4) is 0 Å². The molecule has 2 nitrogen and oxygen atoms in total. The van der Waals surface area contributed by atoms with Gasteiger partial charge in [-0.15, -0.1) is 0 Å². The number of rotatable bonds is 4. The number of hydrogen-bond donors (Lipinski definition) is 1. The molecular formula is C25H35NO. The highest BCUT2D eigenvalue weighted by atomic mass is 16.2. The maximum atomic E-state index is 13.7. The third kappa shape index (κ3) is 2.86. The first kappa shape index (κ1) is 17.8. The van der Waals surface area contributed by atoms with Crippen LogP contribution in [0.15, 0.2) is 30.3 Å². The predicted octanol–water partition coefficient (Wildman–Crippen LogP) is 5.75. The summed E-state index contributed by atoms with van der Waals surface area (Å²) in [5.41, 5.74) is 2.02. The van der Waals surface area contributed by atoms with E-state index in [9.17, 15) is 4.79 Å². The van der Waals surface area contributed by atoms with Gasteiger partial charge in [0.25, 0.3) is 0 Å². The van der Waals surface area contributed by atoms with Crippen LogP contribution in [0.1, 0.15) is 89.5 Å². The van der Waals surface area contributed by atoms with Crippen molar-refractivity contribution in [2.75, 3.05) is 0 Å². The average Bonchev–Trinajstić information content (AvgIpc) is 2.68. The molecule has 0 aliphatic heterocycles. The van der Waals surface area contributed by atoms with E-state index in [4.69, 9.17) is 0 Å². The van der Waals surface area contributed by atoms with Crippen LogP contribution in [0.5, 0.6) is 0 Å². The molecule has 5 aliphatic carbocycles. The topological polar surface area (TPSA) is 29.1 Å². The standard InChI is InChI=1S/C25H35NO/c1-2-23-13-19-14-24(16-23,20-9-5-3-6-10-20)18-25(15-19,17-23)22(27)26-21-11-7-4-8-12-21/h3,5-6,9-10,19,21H,2,4,7-8,11-18H2,1H3,(H,26,27)/t19?,23-,24-,25?/m1/s1. The first-order chi connectivity index (χ1) is 13.1. The second-order valence-electron chi connectivity index (χ2n) is 10.6. The molecule has 6 rings (SSSR count). The molecule has 0 saturated heterocycles. The van der Waals surface area contributed by atoms with E-state index in [1.165, 1.54) is 63.4 Å². The van der Waals surface area contributed by atoms with Crippen molar-refractivity contribution < 1.29 is 4.79 Å². The van der Waals surface area contributed by atoms with Crippen molar-refractivity contribution >= 4 is 5.91 Å². The van der Waals surface area contributed by atoms with Gasteiger partial charge in [0, 0.05) is 6.04 Å². The molecule has 27 heavy (non-hydrogen) atoms. The fourth-order valence-electron chi connectivity index (χ4n) is 7.98. The summed E-state index contributed by atoms with van der Waals surface area (Å²) in [7, 11) is 0. The fourth-order valence-corrected chi connectivity index (χ4v) is 7.98. The summed E-state index contributed by atoms with van der Waals surface area (Å²) in [6.07, 6.45) is 14.8. The number of amides is 1. The summed E-state index contributed by atoms with van der Waals surface area (Å²) in [4.78, 5) is 13.7. The lowest BCUT2D eigenvalue weighted by atomic mass is 9.38. The average molecular weight is 366 g/mol. The SMILES string of the molecule is CC[C@]12CC3CC(C(=O)NC4CCCCC4)(C1)C[C@@](c1ccccc1)(C3)C2. The van der Waals surface area contributed by atoms with Crippen LogP contribution < -0.4 is 5.32 Å². The van der Waals surface area contributed by atoms with Crippen molar-refractivity contribution in [1.29, 1.82) is 0 Å². The molecule has 4 bridgehead atoms. The molecule has 0 aromatic heterocycles. The molecule has 0 radical (unpaired) electrons. The number of carbonyl (C=O) groups is 1. The van der Waals surface area contributed by atoms with E-state index in [1.54, 1.807) is 0 Å². The van der Waals surface area contributed by atoms with Gasteiger partial charge in [-0.2, -0.15) is 0 Å². The maximum Gasteiger partial charge on any atom is 0.226 e. The van der Waals surface area contributed by atoms with Gasteiger partial charge in [-0.3, -0.25) is 4.79 Å². The Balaban J connectivity index is 1.48. The minimum atomic E-state index is -0.108. The summed E-state index contributed by atoms with van der Waals surface area (Å²) in [6.45, 7) is 2.37. The van der Waals surface area contributed by atoms with Crippen molar-refractivity contribution in [2.24, 2.45) is 16.7 Å². The van der Waals surface area contributed by atoms with Crippen molar-refractivity contribution in [1.82, 2.24) is 5.32 Å². The third-order valence-corrected chi connectivity index (χ3v) is 8.74. The molecule has 1 aromatic carbocycles. The Kier molecular flexibility index (Phi) is 4.18. The molecule has 4 atom stereocenters. The Hall–Kier alpha value is -1.31. The van der Waals surface area contributed by atoms with Crippen LogP contribution >= 0.6 is 0 Å². The Morgan fingerprint density at radius 1 is 1.00 bits per heavy atom. The largest absolute Gasteiger partial charge is 0.353 e. The van der Waals surface area contributed by atoms with Gasteiger partial charge in [0.2, 0.25) is 5.91 Å². The van der Waals surface area contributed by atoms with E-state index < -0.39 is 0 Å². The lowest BCUT2D eigenvalue weighted by Crippen LogP contribution is -2.63. The van der Waals surface area contributed by atoms with E-state index in [0.717, 1.165) is 25.2 Å². The van der Waals surface area contributed by atoms with Gasteiger partial charge in [-0.05, 0) is 73.7 Å². The predicted molar refractivity (Wildman–Crippen MR) is 109 cm³/mol. The second kappa shape index (κ2) is 6.36. The van der Waals surface area contributed by atoms with Gasteiger partial charge in [0.15, 0.2) is 0 Å². The lowest BCUT2D eigenvalue weighted by molar-refractivity contribution is -0.164. The molecule has 5 aliphatic rings. The molecule has 2 heteroatoms. The van der Waals surface area contributed by atoms with Crippen molar-refractivity contribution in [3.05, 3.63) is 35.9 Å². The lowest BCUT2D eigenvalue weighted by Gasteiger charge is -2.66. The molecule has 1 amide bonds. The summed E-state index contributed by atoms with van der Waals surface area (Å²) < 4.78 is 0. The highest BCUT2D eigenvalue weighted by Crippen LogP contribution is 2.71. The minimum Gasteiger partial charge on any atom is -0.353 e. The zero-order valence-electron chi connectivity index (χ0n) is 16.9. The number of carbonyl (C=O) groups excluding carboxylic acids is 1. The quantitative estimate of drug-likeness (QED) is 0.723. The zero-order chi connectivity index (χ0) is 18.5. The Bertz CT molecular complexity index is 708. The van der Waals surface area contributed by atoms with E-state index >= 15 is 0 Å². The van der Waals surface area contributed by atoms with Crippen LogP contribution in [-0.4, -0.2) is 11.9 Å². The van der Waals surface area contributed by atoms with Gasteiger partial charge in [-0.25, -0.2) is 0 Å². The van der Waals surface area contributed by atoms with Crippen molar-refractivity contribution in [3.8, 4) is 0 Å². The van der Waals surface area contributed by atoms with Gasteiger partial charge < -0.3 is 5.32 Å². The second-order valence-corrected chi connectivity index (χ2v) is 10.6. The first-order valence-corrected chi connectivity index (χ1v) is 11.4. The van der Waals surface area contributed by atoms with Crippen molar-refractivity contribution in [2.45, 2.75) is 95.4 Å². The molecule has 0 heterocycles. The molecule has 1 aromatic rings. The third-order valence-electron chi connectivity index (χ3n) is 8.74. The fraction of sp³-hybridized carbons (Fsp3) is 0.720. The molecule has 0 spiro atoms. The van der Waals surface area contributed by atoms with Gasteiger partial charge >= 0.3 is 0 Å². The van der Waals surface area contributed by atoms with Crippen LogP contribution in [0.2, 0.25) is 0 Å². The van der Waals surface area contributed by atoms with E-state index in [0.29, 0.717) is 17.4 Å². The summed E-state index contributed by atoms with van der Waals surface area (Å²) in [5, 5.41) is 3.55. The van der Waals surface area contributed by atoms with Crippen LogP contribution in [0, 0.1) is 16.7 Å². The number of benzene rings is 1. The summed E-state index contributed by atoms with van der Waals surface area (Å²) in [6, 6.07) is 11.6. The highest BCUT2D eigenvalue weighted by molar-refractivity contribution is 5.84. The minimum absolute atomic E-state index is 0.108. The smallest absolute Gasteiger partial charge is 0.226 e. The summed E-state index contributed by atoms with van der Waals surface area (Å²) in [5.74, 6) is 1.15. The van der Waals surface area contributed by atoms with Gasteiger partial charge in [0.1, 0.15) is 0 Å². The number of nitrogens with one attached hydrogen (secondary N) is 1. The Morgan fingerprint density at radius 3 is 2.52 bits per heavy atom. The molecule has 2 unspecified atom stereocenters. The first-order valence-electron chi connectivity index (χ1n) is 11.4. The van der Waals surface area contributed by atoms with E-state index in [2.05, 4.69) is 42.6 Å². The summed E-state index contributed by atoms with van der Waals surface area (Å²) >= 11 is 0. The Labute approximate surface area is 164 Å². The van der Waals surface area contributed by atoms with Crippen LogP contribution in [-0.2, 0) is 10.2 Å². The van der Waals surface area contributed by atoms with Crippen molar-refractivity contribution in [3.63, 3.8) is 0 Å². The van der Waals surface area contributed by atoms with Gasteiger partial charge in [-0.1, -0.05) is 62.9 Å². The Morgan fingerprint density at radius 2 is 1.78 bits per heavy atom. The van der Waals surface area contributed by atoms with E-state index in [-0.39, 0.29) is 10.8 Å². The van der Waals surface area contributed by atoms with Crippen LogP contribution in [0.25, 0.3) is 0 Å². The normalized spacial score (nSPS) is 40.9. The zero-order valence-corrected chi connectivity index (χ0v) is 16.9. The van der Waals surface area contributed by atoms with E-state index in [1.807, 2.05) is 0 Å². The highest BCUT2D eigenvalue weighted by Gasteiger charge is 2.65. The molecule has 5 fully saturated rings. The molecule has 146 valence electrons. The molecule has 1 N–H and O–H groups in total.